The molecule has 1 aliphatic heterocycles. The van der Waals surface area contributed by atoms with Crippen LogP contribution in [0.2, 0.25) is 0 Å². The summed E-state index contributed by atoms with van der Waals surface area (Å²) in [6.45, 7) is 4.42. The fourth-order valence-corrected chi connectivity index (χ4v) is 3.08. The first-order chi connectivity index (χ1) is 8.51. The molecular weight excluding hydrogens is 228 g/mol. The van der Waals surface area contributed by atoms with Gasteiger partial charge >= 0.3 is 0 Å². The van der Waals surface area contributed by atoms with Crippen LogP contribution in [-0.2, 0) is 15.1 Å². The van der Waals surface area contributed by atoms with Gasteiger partial charge in [0.15, 0.2) is 5.79 Å². The normalized spacial score (nSPS) is 38.4. The number of hydrogen-bond acceptors (Lipinski definition) is 3. The lowest BCUT2D eigenvalue weighted by atomic mass is 9.63. The van der Waals surface area contributed by atoms with Crippen LogP contribution < -0.4 is 0 Å². The van der Waals surface area contributed by atoms with Gasteiger partial charge in [-0.3, -0.25) is 0 Å². The van der Waals surface area contributed by atoms with Gasteiger partial charge in [0.1, 0.15) is 0 Å². The molecule has 1 saturated heterocycles. The molecule has 1 saturated carbocycles. The third-order valence-corrected chi connectivity index (χ3v) is 4.20. The lowest BCUT2D eigenvalue weighted by Crippen LogP contribution is -2.51. The average Bonchev–Trinajstić information content (AvgIpc) is 2.68. The lowest BCUT2D eigenvalue weighted by Gasteiger charge is -2.48. The van der Waals surface area contributed by atoms with Crippen molar-refractivity contribution in [2.24, 2.45) is 5.92 Å². The van der Waals surface area contributed by atoms with Gasteiger partial charge in [-0.05, 0) is 32.3 Å². The van der Waals surface area contributed by atoms with E-state index in [-0.39, 0.29) is 12.0 Å². The number of ether oxygens (including phenoxy) is 2. The van der Waals surface area contributed by atoms with Crippen molar-refractivity contribution in [3.8, 4) is 0 Å². The smallest absolute Gasteiger partial charge is 0.163 e. The zero-order valence-corrected chi connectivity index (χ0v) is 10.9. The first-order valence-electron chi connectivity index (χ1n) is 6.61. The maximum absolute atomic E-state index is 10.8. The summed E-state index contributed by atoms with van der Waals surface area (Å²) in [5, 5.41) is 10.8. The van der Waals surface area contributed by atoms with Crippen molar-refractivity contribution >= 4 is 0 Å². The quantitative estimate of drug-likeness (QED) is 0.873. The Balaban J connectivity index is 1.79. The molecule has 1 heterocycles. The van der Waals surface area contributed by atoms with Gasteiger partial charge in [-0.15, -0.1) is 0 Å². The van der Waals surface area contributed by atoms with Gasteiger partial charge in [0.25, 0.3) is 0 Å². The minimum Gasteiger partial charge on any atom is -0.385 e. The van der Waals surface area contributed by atoms with Crippen LogP contribution in [0.25, 0.3) is 0 Å². The molecule has 0 amide bonds. The standard InChI is InChI=1S/C15H20O3/c1-14(2)17-10-13(18-14)12-8-9-15(12,16)11-6-4-3-5-7-11/h3-7,12-13,16H,8-10H2,1-2H3/t12-,13+,15+/m0/s1. The molecule has 0 aromatic heterocycles. The summed E-state index contributed by atoms with van der Waals surface area (Å²) in [7, 11) is 0. The van der Waals surface area contributed by atoms with Gasteiger partial charge in [-0.1, -0.05) is 30.3 Å². The van der Waals surface area contributed by atoms with Crippen molar-refractivity contribution in [1.82, 2.24) is 0 Å². The summed E-state index contributed by atoms with van der Waals surface area (Å²) in [5.74, 6) is -0.376. The van der Waals surface area contributed by atoms with Crippen molar-refractivity contribution in [2.45, 2.75) is 44.2 Å². The van der Waals surface area contributed by atoms with E-state index in [4.69, 9.17) is 9.47 Å². The summed E-state index contributed by atoms with van der Waals surface area (Å²) in [5.41, 5.74) is 0.255. The minimum atomic E-state index is -0.740. The number of hydrogen-bond donors (Lipinski definition) is 1. The number of rotatable bonds is 2. The van der Waals surface area contributed by atoms with Gasteiger partial charge < -0.3 is 14.6 Å². The van der Waals surface area contributed by atoms with Crippen molar-refractivity contribution in [1.29, 1.82) is 0 Å². The van der Waals surface area contributed by atoms with Crippen LogP contribution >= 0.6 is 0 Å². The molecule has 2 aliphatic rings. The molecule has 3 nitrogen and oxygen atoms in total. The van der Waals surface area contributed by atoms with E-state index in [9.17, 15) is 5.11 Å². The Morgan fingerprint density at radius 1 is 1.22 bits per heavy atom. The fraction of sp³-hybridized carbons (Fsp3) is 0.600. The predicted molar refractivity (Wildman–Crippen MR) is 68.0 cm³/mol. The van der Waals surface area contributed by atoms with E-state index in [1.807, 2.05) is 44.2 Å². The van der Waals surface area contributed by atoms with Gasteiger partial charge in [0, 0.05) is 5.92 Å². The van der Waals surface area contributed by atoms with Crippen LogP contribution in [0.4, 0.5) is 0 Å². The molecule has 1 aromatic carbocycles. The topological polar surface area (TPSA) is 38.7 Å². The summed E-state index contributed by atoms with van der Waals surface area (Å²) in [4.78, 5) is 0. The summed E-state index contributed by atoms with van der Waals surface area (Å²) in [6, 6.07) is 9.90. The second-order valence-electron chi connectivity index (χ2n) is 5.80. The van der Waals surface area contributed by atoms with E-state index >= 15 is 0 Å². The van der Waals surface area contributed by atoms with Gasteiger partial charge in [-0.2, -0.15) is 0 Å². The Bertz CT molecular complexity index is 429. The minimum absolute atomic E-state index is 0.000967. The van der Waals surface area contributed by atoms with Crippen LogP contribution in [-0.4, -0.2) is 23.6 Å². The molecule has 1 aromatic rings. The third kappa shape index (κ3) is 1.87. The molecule has 3 heteroatoms. The molecular formula is C15H20O3. The highest BCUT2D eigenvalue weighted by Crippen LogP contribution is 2.50. The summed E-state index contributed by atoms with van der Waals surface area (Å²) >= 11 is 0. The van der Waals surface area contributed by atoms with Crippen molar-refractivity contribution in [3.05, 3.63) is 35.9 Å². The zero-order valence-electron chi connectivity index (χ0n) is 10.9. The lowest BCUT2D eigenvalue weighted by molar-refractivity contribution is -0.186. The van der Waals surface area contributed by atoms with Gasteiger partial charge in [0.2, 0.25) is 0 Å². The molecule has 2 fully saturated rings. The van der Waals surface area contributed by atoms with Gasteiger partial charge in [-0.25, -0.2) is 0 Å². The first kappa shape index (κ1) is 12.2. The predicted octanol–water partition coefficient (Wildman–Crippen LogP) is 2.44. The largest absolute Gasteiger partial charge is 0.385 e. The molecule has 3 rings (SSSR count). The van der Waals surface area contributed by atoms with E-state index < -0.39 is 11.4 Å². The molecule has 18 heavy (non-hydrogen) atoms. The second-order valence-corrected chi connectivity index (χ2v) is 5.80. The Kier molecular flexibility index (Phi) is 2.73. The molecule has 0 unspecified atom stereocenters. The summed E-state index contributed by atoms with van der Waals surface area (Å²) < 4.78 is 11.5. The molecule has 0 bridgehead atoms. The SMILES string of the molecule is CC1(C)OC[C@H]([C@@H]2CC[C@@]2(O)c2ccccc2)O1. The van der Waals surface area contributed by atoms with Crippen LogP contribution in [0.3, 0.4) is 0 Å². The maximum Gasteiger partial charge on any atom is 0.163 e. The zero-order chi connectivity index (χ0) is 12.8. The highest BCUT2D eigenvalue weighted by molar-refractivity contribution is 5.26. The van der Waals surface area contributed by atoms with E-state index in [0.29, 0.717) is 6.61 Å². The van der Waals surface area contributed by atoms with Crippen molar-refractivity contribution < 1.29 is 14.6 Å². The highest BCUT2D eigenvalue weighted by atomic mass is 16.7. The van der Waals surface area contributed by atoms with Crippen LogP contribution in [0.5, 0.6) is 0 Å². The highest BCUT2D eigenvalue weighted by Gasteiger charge is 2.53. The Morgan fingerprint density at radius 2 is 1.94 bits per heavy atom. The molecule has 0 spiro atoms. The van der Waals surface area contributed by atoms with Crippen LogP contribution in [0.15, 0.2) is 30.3 Å². The van der Waals surface area contributed by atoms with Crippen molar-refractivity contribution in [2.75, 3.05) is 6.61 Å². The Hall–Kier alpha value is -0.900. The first-order valence-corrected chi connectivity index (χ1v) is 6.61. The summed E-state index contributed by atoms with van der Waals surface area (Å²) in [6.07, 6.45) is 1.80. The van der Waals surface area contributed by atoms with E-state index in [2.05, 4.69) is 0 Å². The van der Waals surface area contributed by atoms with Crippen LogP contribution in [0, 0.1) is 5.92 Å². The fourth-order valence-electron chi connectivity index (χ4n) is 3.08. The second kappa shape index (κ2) is 4.05. The average molecular weight is 248 g/mol. The molecule has 1 N–H and O–H groups in total. The van der Waals surface area contributed by atoms with Crippen LogP contribution in [0.1, 0.15) is 32.3 Å². The molecule has 0 radical (unpaired) electrons. The Labute approximate surface area is 108 Å². The number of benzene rings is 1. The number of aliphatic hydroxyl groups is 1. The van der Waals surface area contributed by atoms with E-state index in [1.165, 1.54) is 0 Å². The van der Waals surface area contributed by atoms with Gasteiger partial charge in [0.05, 0.1) is 18.3 Å². The maximum atomic E-state index is 10.8. The Morgan fingerprint density at radius 3 is 2.44 bits per heavy atom. The van der Waals surface area contributed by atoms with E-state index in [0.717, 1.165) is 18.4 Å². The van der Waals surface area contributed by atoms with E-state index in [1.54, 1.807) is 0 Å². The monoisotopic (exact) mass is 248 g/mol. The molecule has 3 atom stereocenters. The molecule has 1 aliphatic carbocycles. The molecule has 98 valence electrons. The van der Waals surface area contributed by atoms with Crippen molar-refractivity contribution in [3.63, 3.8) is 0 Å². The third-order valence-electron chi connectivity index (χ3n) is 4.20.